The van der Waals surface area contributed by atoms with Gasteiger partial charge in [-0.2, -0.15) is 0 Å². The summed E-state index contributed by atoms with van der Waals surface area (Å²) in [5.41, 5.74) is 3.03. The maximum atomic E-state index is 13.2. The van der Waals surface area contributed by atoms with E-state index in [4.69, 9.17) is 4.98 Å². The molecule has 148 valence electrons. The van der Waals surface area contributed by atoms with Crippen LogP contribution < -0.4 is 0 Å². The second-order valence-electron chi connectivity index (χ2n) is 8.26. The van der Waals surface area contributed by atoms with Gasteiger partial charge in [-0.3, -0.25) is 14.1 Å². The van der Waals surface area contributed by atoms with E-state index in [0.29, 0.717) is 12.2 Å². The Morgan fingerprint density at radius 1 is 1.29 bits per heavy atom. The molecule has 0 aliphatic carbocycles. The van der Waals surface area contributed by atoms with Crippen molar-refractivity contribution >= 4 is 22.2 Å². The quantitative estimate of drug-likeness (QED) is 0.630. The average molecular weight is 397 g/mol. The van der Waals surface area contributed by atoms with Crippen molar-refractivity contribution in [3.05, 3.63) is 58.9 Å². The molecule has 3 aromatic rings. The molecule has 1 saturated heterocycles. The van der Waals surface area contributed by atoms with Crippen LogP contribution in [0.2, 0.25) is 0 Å². The third-order valence-corrected chi connectivity index (χ3v) is 6.66. The number of likely N-dealkylation sites (N-methyl/N-ethyl adjacent to an activating group) is 1. The van der Waals surface area contributed by atoms with Gasteiger partial charge in [0.2, 0.25) is 0 Å². The van der Waals surface area contributed by atoms with Crippen LogP contribution in [0.5, 0.6) is 0 Å². The summed E-state index contributed by atoms with van der Waals surface area (Å²) >= 11 is 1.58. The highest BCUT2D eigenvalue weighted by molar-refractivity contribution is 7.15. The molecule has 1 aliphatic rings. The van der Waals surface area contributed by atoms with Crippen LogP contribution in [0.25, 0.3) is 4.96 Å². The molecular formula is C22H28N4OS. The first-order chi connectivity index (χ1) is 13.5. The van der Waals surface area contributed by atoms with Gasteiger partial charge in [0.15, 0.2) is 10.7 Å². The van der Waals surface area contributed by atoms with Crippen LogP contribution in [-0.4, -0.2) is 50.8 Å². The maximum absolute atomic E-state index is 13.2. The number of fused-ring (bicyclic) bond motifs is 1. The molecule has 0 radical (unpaired) electrons. The van der Waals surface area contributed by atoms with Gasteiger partial charge in [0.25, 0.3) is 5.91 Å². The molecule has 0 saturated carbocycles. The van der Waals surface area contributed by atoms with E-state index in [1.165, 1.54) is 18.4 Å². The summed E-state index contributed by atoms with van der Waals surface area (Å²) in [6.45, 7) is 7.10. The lowest BCUT2D eigenvalue weighted by atomic mass is 10.0. The number of likely N-dealkylation sites (tertiary alicyclic amines) is 1. The minimum absolute atomic E-state index is 0.0128. The predicted molar refractivity (Wildman–Crippen MR) is 114 cm³/mol. The Morgan fingerprint density at radius 2 is 2.07 bits per heavy atom. The van der Waals surface area contributed by atoms with Crippen molar-refractivity contribution < 1.29 is 4.79 Å². The third-order valence-electron chi connectivity index (χ3n) is 5.90. The lowest BCUT2D eigenvalue weighted by molar-refractivity contribution is 0.0787. The van der Waals surface area contributed by atoms with Crippen molar-refractivity contribution in [1.82, 2.24) is 19.2 Å². The Morgan fingerprint density at radius 3 is 2.79 bits per heavy atom. The highest BCUT2D eigenvalue weighted by Gasteiger charge is 2.34. The van der Waals surface area contributed by atoms with Crippen molar-refractivity contribution in [1.29, 1.82) is 0 Å². The summed E-state index contributed by atoms with van der Waals surface area (Å²) in [5.74, 6) is 0.0128. The number of rotatable bonds is 6. The van der Waals surface area contributed by atoms with Gasteiger partial charge in [0.1, 0.15) is 0 Å². The van der Waals surface area contributed by atoms with Gasteiger partial charge in [0.05, 0.1) is 5.69 Å². The minimum atomic E-state index is 0.0128. The molecule has 5 nitrogen and oxygen atoms in total. The van der Waals surface area contributed by atoms with Crippen LogP contribution in [0.3, 0.4) is 0 Å². The molecule has 3 heterocycles. The molecule has 6 heteroatoms. The van der Waals surface area contributed by atoms with Gasteiger partial charge in [-0.25, -0.2) is 4.98 Å². The van der Waals surface area contributed by atoms with E-state index in [2.05, 4.69) is 35.3 Å². The van der Waals surface area contributed by atoms with Crippen LogP contribution in [0, 0.1) is 0 Å². The van der Waals surface area contributed by atoms with Crippen LogP contribution in [0.15, 0.2) is 41.9 Å². The fourth-order valence-electron chi connectivity index (χ4n) is 4.02. The smallest absolute Gasteiger partial charge is 0.274 e. The molecule has 0 spiro atoms. The van der Waals surface area contributed by atoms with Gasteiger partial charge in [-0.15, -0.1) is 11.3 Å². The minimum Gasteiger partial charge on any atom is -0.340 e. The molecule has 1 amide bonds. The Labute approximate surface area is 170 Å². The van der Waals surface area contributed by atoms with E-state index in [-0.39, 0.29) is 11.4 Å². The van der Waals surface area contributed by atoms with Crippen LogP contribution >= 0.6 is 11.3 Å². The Bertz CT molecular complexity index is 959. The number of hydrogen-bond acceptors (Lipinski definition) is 4. The van der Waals surface area contributed by atoms with Crippen LogP contribution in [-0.2, 0) is 13.0 Å². The number of hydrogen-bond donors (Lipinski definition) is 0. The molecule has 1 fully saturated rings. The number of nitrogens with zero attached hydrogens (tertiary/aromatic N) is 4. The fourth-order valence-corrected chi connectivity index (χ4v) is 4.75. The first kappa shape index (κ1) is 19.2. The number of thiazole rings is 1. The normalized spacial score (nSPS) is 16.7. The third kappa shape index (κ3) is 3.71. The first-order valence-electron chi connectivity index (χ1n) is 9.94. The number of aromatic nitrogens is 2. The second-order valence-corrected chi connectivity index (χ2v) is 9.14. The zero-order chi connectivity index (χ0) is 19.7. The largest absolute Gasteiger partial charge is 0.340 e. The molecule has 0 bridgehead atoms. The first-order valence-corrected chi connectivity index (χ1v) is 10.8. The van der Waals surface area contributed by atoms with Crippen molar-refractivity contribution in [3.8, 4) is 0 Å². The number of carbonyl (C=O) groups is 1. The molecule has 1 aliphatic heterocycles. The molecule has 4 rings (SSSR count). The van der Waals surface area contributed by atoms with Gasteiger partial charge >= 0.3 is 0 Å². The summed E-state index contributed by atoms with van der Waals surface area (Å²) in [7, 11) is 1.88. The van der Waals surface area contributed by atoms with E-state index in [0.717, 1.165) is 30.2 Å². The van der Waals surface area contributed by atoms with Gasteiger partial charge in [-0.1, -0.05) is 30.3 Å². The van der Waals surface area contributed by atoms with Crippen molar-refractivity contribution in [3.63, 3.8) is 0 Å². The predicted octanol–water partition coefficient (Wildman–Crippen LogP) is 4.08. The Balaban J connectivity index is 1.55. The molecule has 28 heavy (non-hydrogen) atoms. The van der Waals surface area contributed by atoms with E-state index < -0.39 is 0 Å². The van der Waals surface area contributed by atoms with Crippen molar-refractivity contribution in [2.75, 3.05) is 20.1 Å². The molecule has 0 atom stereocenters. The lowest BCUT2D eigenvalue weighted by Crippen LogP contribution is -2.38. The summed E-state index contributed by atoms with van der Waals surface area (Å²) in [5, 5.41) is 2.04. The van der Waals surface area contributed by atoms with Crippen molar-refractivity contribution in [2.24, 2.45) is 0 Å². The van der Waals surface area contributed by atoms with E-state index >= 15 is 0 Å². The molecule has 2 aromatic heterocycles. The van der Waals surface area contributed by atoms with Gasteiger partial charge < -0.3 is 4.90 Å². The summed E-state index contributed by atoms with van der Waals surface area (Å²) in [6, 6.07) is 10.3. The highest BCUT2D eigenvalue weighted by atomic mass is 32.1. The maximum Gasteiger partial charge on any atom is 0.274 e. The number of carbonyl (C=O) groups excluding carboxylic acids is 1. The molecule has 0 unspecified atom stereocenters. The topological polar surface area (TPSA) is 40.9 Å². The Kier molecular flexibility index (Phi) is 5.25. The van der Waals surface area contributed by atoms with E-state index in [9.17, 15) is 4.79 Å². The number of imidazole rings is 1. The average Bonchev–Trinajstić information content (AvgIpc) is 3.36. The van der Waals surface area contributed by atoms with E-state index in [1.807, 2.05) is 36.8 Å². The van der Waals surface area contributed by atoms with E-state index in [1.54, 1.807) is 16.2 Å². The zero-order valence-corrected chi connectivity index (χ0v) is 17.7. The van der Waals surface area contributed by atoms with Crippen LogP contribution in [0.4, 0.5) is 0 Å². The Hall–Kier alpha value is -2.18. The fraction of sp³-hybridized carbons (Fsp3) is 0.455. The molecular weight excluding hydrogens is 368 g/mol. The molecule has 1 aromatic carbocycles. The van der Waals surface area contributed by atoms with Gasteiger partial charge in [-0.05, 0) is 45.2 Å². The highest BCUT2D eigenvalue weighted by Crippen LogP contribution is 2.31. The summed E-state index contributed by atoms with van der Waals surface area (Å²) < 4.78 is 2.09. The zero-order valence-electron chi connectivity index (χ0n) is 16.9. The summed E-state index contributed by atoms with van der Waals surface area (Å²) in [6.07, 6.45) is 5.28. The number of amides is 1. The molecule has 0 N–H and O–H groups in total. The van der Waals surface area contributed by atoms with Gasteiger partial charge in [0, 0.05) is 37.3 Å². The van der Waals surface area contributed by atoms with Crippen LogP contribution in [0.1, 0.15) is 48.4 Å². The lowest BCUT2D eigenvalue weighted by Gasteiger charge is -2.31. The summed E-state index contributed by atoms with van der Waals surface area (Å²) in [4.78, 5) is 23.1. The number of benzene rings is 1. The monoisotopic (exact) mass is 396 g/mol. The second kappa shape index (κ2) is 7.68. The standard InChI is InChI=1S/C22H28N4OS/c1-22(2)11-7-12-25(22)16-18-19(23-21-26(18)14-15-28-21)20(27)24(3)13-10-17-8-5-4-6-9-17/h4-6,8-9,14-15H,7,10-13,16H2,1-3H3. The SMILES string of the molecule is CN(CCc1ccccc1)C(=O)c1nc2sccn2c1CN1CCCC1(C)C. The van der Waals surface area contributed by atoms with Crippen molar-refractivity contribution in [2.45, 2.75) is 45.2 Å².